The van der Waals surface area contributed by atoms with Crippen LogP contribution in [0, 0.1) is 39.9 Å². The van der Waals surface area contributed by atoms with Crippen molar-refractivity contribution in [2.45, 2.75) is 118 Å². The molecule has 0 unspecified atom stereocenters. The second kappa shape index (κ2) is 9.86. The van der Waals surface area contributed by atoms with Crippen LogP contribution in [0.25, 0.3) is 0 Å². The van der Waals surface area contributed by atoms with Crippen molar-refractivity contribution in [3.63, 3.8) is 0 Å². The van der Waals surface area contributed by atoms with Crippen LogP contribution in [0.15, 0.2) is 35.1 Å². The number of carbonyl (C=O) groups is 1. The third-order valence-electron chi connectivity index (χ3n) is 11.6. The summed E-state index contributed by atoms with van der Waals surface area (Å²) in [6.45, 7) is 19.1. The minimum atomic E-state index is -1.12. The van der Waals surface area contributed by atoms with Crippen LogP contribution in [0.2, 0.25) is 0 Å². The van der Waals surface area contributed by atoms with E-state index in [2.05, 4.69) is 40.3 Å². The van der Waals surface area contributed by atoms with Gasteiger partial charge < -0.3 is 24.9 Å². The van der Waals surface area contributed by atoms with Crippen molar-refractivity contribution in [1.82, 2.24) is 0 Å². The summed E-state index contributed by atoms with van der Waals surface area (Å²) in [4.78, 5) is 12.6. The molecule has 4 aliphatic carbocycles. The summed E-state index contributed by atoms with van der Waals surface area (Å²) < 4.78 is 6.29. The highest BCUT2D eigenvalue weighted by Gasteiger charge is 2.70. The summed E-state index contributed by atoms with van der Waals surface area (Å²) in [6.07, 6.45) is 6.89. The van der Waals surface area contributed by atoms with Gasteiger partial charge in [-0.1, -0.05) is 45.9 Å². The largest absolute Gasteiger partial charge is 0.545 e. The van der Waals surface area contributed by atoms with Crippen molar-refractivity contribution in [2.24, 2.45) is 39.9 Å². The molecule has 4 fully saturated rings. The van der Waals surface area contributed by atoms with Crippen LogP contribution in [0.4, 0.5) is 0 Å². The molecule has 208 valence electrons. The molecule has 0 saturated heterocycles. The Balaban J connectivity index is 1.82. The Bertz CT molecular complexity index is 991. The Morgan fingerprint density at radius 1 is 1.11 bits per heavy atom. The van der Waals surface area contributed by atoms with Crippen LogP contribution in [-0.4, -0.2) is 34.5 Å². The molecule has 4 aliphatic rings. The highest BCUT2D eigenvalue weighted by Crippen LogP contribution is 2.74. The second-order valence-corrected chi connectivity index (χ2v) is 13.8. The van der Waals surface area contributed by atoms with E-state index in [1.54, 1.807) is 0 Å². The van der Waals surface area contributed by atoms with Gasteiger partial charge in [-0.15, -0.1) is 0 Å². The number of ether oxygens (including phenoxy) is 1. The lowest BCUT2D eigenvalue weighted by Gasteiger charge is -2.69. The molecule has 5 nitrogen and oxygen atoms in total. The number of aliphatic carboxylic acids is 1. The maximum atomic E-state index is 12.6. The third-order valence-corrected chi connectivity index (χ3v) is 11.6. The molecule has 4 saturated carbocycles. The minimum Gasteiger partial charge on any atom is -0.545 e. The summed E-state index contributed by atoms with van der Waals surface area (Å²) in [5, 5.41) is 35.2. The summed E-state index contributed by atoms with van der Waals surface area (Å²) in [5.74, 6) is 0.0745. The first-order chi connectivity index (χ1) is 17.2. The summed E-state index contributed by atoms with van der Waals surface area (Å²) >= 11 is 0. The molecule has 0 aromatic heterocycles. The highest BCUT2D eigenvalue weighted by atomic mass is 16.5. The van der Waals surface area contributed by atoms with Gasteiger partial charge in [0.05, 0.1) is 23.9 Å². The predicted octanol–water partition coefficient (Wildman–Crippen LogP) is 5.32. The topological polar surface area (TPSA) is 89.8 Å². The van der Waals surface area contributed by atoms with Crippen molar-refractivity contribution in [3.05, 3.63) is 35.1 Å². The Morgan fingerprint density at radius 3 is 2.38 bits per heavy atom. The average molecular weight is 514 g/mol. The van der Waals surface area contributed by atoms with E-state index in [9.17, 15) is 20.1 Å². The number of hydrogen-bond donors (Lipinski definition) is 2. The first-order valence-electron chi connectivity index (χ1n) is 14.4. The molecular formula is C32H49O5-. The van der Waals surface area contributed by atoms with E-state index in [0.29, 0.717) is 36.5 Å². The van der Waals surface area contributed by atoms with Gasteiger partial charge in [0.2, 0.25) is 0 Å². The van der Waals surface area contributed by atoms with Gasteiger partial charge in [-0.25, -0.2) is 0 Å². The normalized spacial score (nSPS) is 46.2. The number of hydrogen-bond acceptors (Lipinski definition) is 5. The zero-order valence-corrected chi connectivity index (χ0v) is 24.1. The molecule has 37 heavy (non-hydrogen) atoms. The molecule has 5 heteroatoms. The predicted molar refractivity (Wildman–Crippen MR) is 144 cm³/mol. The van der Waals surface area contributed by atoms with Crippen molar-refractivity contribution >= 4 is 5.97 Å². The summed E-state index contributed by atoms with van der Waals surface area (Å²) in [5.41, 5.74) is 1.87. The van der Waals surface area contributed by atoms with Gasteiger partial charge in [0.15, 0.2) is 0 Å². The maximum absolute atomic E-state index is 12.6. The Labute approximate surface area is 224 Å². The van der Waals surface area contributed by atoms with Crippen molar-refractivity contribution in [1.29, 1.82) is 0 Å². The van der Waals surface area contributed by atoms with Gasteiger partial charge in [-0.05, 0) is 123 Å². The third kappa shape index (κ3) is 4.42. The number of aliphatic hydroxyl groups excluding tert-OH is 2. The number of carboxylic acid groups (broad SMARTS) is 1. The fraction of sp³-hybridized carbons (Fsp3) is 0.781. The van der Waals surface area contributed by atoms with Crippen LogP contribution >= 0.6 is 0 Å². The number of carbonyl (C=O) groups excluding carboxylic acids is 1. The van der Waals surface area contributed by atoms with Gasteiger partial charge >= 0.3 is 0 Å². The molecular weight excluding hydrogens is 464 g/mol. The van der Waals surface area contributed by atoms with Crippen LogP contribution in [0.1, 0.15) is 99.8 Å². The second-order valence-electron chi connectivity index (χ2n) is 13.8. The van der Waals surface area contributed by atoms with E-state index < -0.39 is 12.1 Å². The van der Waals surface area contributed by atoms with E-state index in [-0.39, 0.29) is 46.2 Å². The number of carboxylic acids is 1. The van der Waals surface area contributed by atoms with Crippen LogP contribution < -0.4 is 5.11 Å². The molecule has 0 aliphatic heterocycles. The van der Waals surface area contributed by atoms with Crippen LogP contribution in [0.5, 0.6) is 0 Å². The SMILES string of the molecule is C=C(C)O[C@H]1C[C@@]2(C)[C@@H](C[C@@H](O)[C@H]3[C@@]4(C)CC[C@@H](O)[C@@H](C)[C@@H]4CC[C@@]32C)/C1=C(\CCC=C(C)C)C(=O)[O-]. The molecule has 0 aromatic carbocycles. The van der Waals surface area contributed by atoms with Gasteiger partial charge in [0, 0.05) is 0 Å². The van der Waals surface area contributed by atoms with Crippen molar-refractivity contribution in [3.8, 4) is 0 Å². The fourth-order valence-electron chi connectivity index (χ4n) is 9.82. The van der Waals surface area contributed by atoms with E-state index in [0.717, 1.165) is 43.3 Å². The van der Waals surface area contributed by atoms with Crippen molar-refractivity contribution < 1.29 is 24.9 Å². The van der Waals surface area contributed by atoms with Gasteiger partial charge in [0.25, 0.3) is 0 Å². The monoisotopic (exact) mass is 513 g/mol. The maximum Gasteiger partial charge on any atom is 0.121 e. The minimum absolute atomic E-state index is 0.0587. The van der Waals surface area contributed by atoms with E-state index in [4.69, 9.17) is 4.74 Å². The molecule has 0 heterocycles. The average Bonchev–Trinajstić information content (AvgIpc) is 3.05. The number of fused-ring (bicyclic) bond motifs is 5. The molecule has 0 radical (unpaired) electrons. The zero-order chi connectivity index (χ0) is 27.5. The Morgan fingerprint density at radius 2 is 1.78 bits per heavy atom. The molecule has 0 aromatic rings. The number of allylic oxidation sites excluding steroid dienone is 3. The Kier molecular flexibility index (Phi) is 7.57. The van der Waals surface area contributed by atoms with E-state index in [1.165, 1.54) is 0 Å². The van der Waals surface area contributed by atoms with Gasteiger partial charge in [-0.3, -0.25) is 0 Å². The molecule has 0 bridgehead atoms. The lowest BCUT2D eigenvalue weighted by molar-refractivity contribution is -0.299. The fourth-order valence-corrected chi connectivity index (χ4v) is 9.82. The number of aliphatic hydroxyl groups is 2. The van der Waals surface area contributed by atoms with E-state index >= 15 is 0 Å². The quantitative estimate of drug-likeness (QED) is 0.285. The molecule has 0 amide bonds. The lowest BCUT2D eigenvalue weighted by Crippen LogP contribution is -2.65. The highest BCUT2D eigenvalue weighted by molar-refractivity contribution is 5.86. The van der Waals surface area contributed by atoms with Crippen LogP contribution in [0.3, 0.4) is 0 Å². The molecule has 0 spiro atoms. The summed E-state index contributed by atoms with van der Waals surface area (Å²) in [7, 11) is 0. The van der Waals surface area contributed by atoms with Crippen molar-refractivity contribution in [2.75, 3.05) is 0 Å². The smallest absolute Gasteiger partial charge is 0.121 e. The van der Waals surface area contributed by atoms with Crippen LogP contribution in [-0.2, 0) is 9.53 Å². The van der Waals surface area contributed by atoms with Gasteiger partial charge in [0.1, 0.15) is 6.10 Å². The summed E-state index contributed by atoms with van der Waals surface area (Å²) in [6, 6.07) is 0. The molecule has 4 rings (SSSR count). The zero-order valence-electron chi connectivity index (χ0n) is 24.1. The first-order valence-corrected chi connectivity index (χ1v) is 14.4. The molecule has 10 atom stereocenters. The van der Waals surface area contributed by atoms with E-state index in [1.807, 2.05) is 20.8 Å². The van der Waals surface area contributed by atoms with Gasteiger partial charge in [-0.2, -0.15) is 0 Å². The molecule has 2 N–H and O–H groups in total. The first kappa shape index (κ1) is 28.4. The Hall–Kier alpha value is -1.59. The standard InChI is InChI=1S/C32H50O5/c1-18(2)10-9-11-21(29(35)36)27-23-16-25(34)28-30(6)14-13-24(33)20(5)22(30)12-15-31(28,7)32(23,8)17-26(27)37-19(3)4/h10,20,22-26,28,33-34H,3,9,11-17H2,1-2,4-8H3,(H,35,36)/p-1/b27-21-/t20-,22-,23-,24+,25+,26-,28-,30-,31-,32-/m0/s1. The number of rotatable bonds is 6. The lowest BCUT2D eigenvalue weighted by atomic mass is 9.36.